The zero-order valence-corrected chi connectivity index (χ0v) is 14.0. The zero-order chi connectivity index (χ0) is 17.8. The number of fused-ring (bicyclic) bond motifs is 1. The maximum absolute atomic E-state index is 12.1. The average Bonchev–Trinajstić information content (AvgIpc) is 3.03. The summed E-state index contributed by atoms with van der Waals surface area (Å²) in [5.41, 5.74) is 1.64. The van der Waals surface area contributed by atoms with Gasteiger partial charge in [-0.25, -0.2) is 4.79 Å². The van der Waals surface area contributed by atoms with Gasteiger partial charge in [0.15, 0.2) is 18.5 Å². The van der Waals surface area contributed by atoms with Crippen molar-refractivity contribution in [2.45, 2.75) is 20.0 Å². The highest BCUT2D eigenvalue weighted by Crippen LogP contribution is 2.19. The molecule has 0 bridgehead atoms. The van der Waals surface area contributed by atoms with Crippen molar-refractivity contribution >= 4 is 22.7 Å². The Bertz CT molecular complexity index is 876. The standard InChI is InChI=1S/C20H18O5/c1-13-6-5-8-16(10-13)24-14(2)20(22)23-12-17(21)19-11-15-7-3-4-9-18(15)25-19/h3-11,14H,12H2,1-2H3. The van der Waals surface area contributed by atoms with Gasteiger partial charge in [0.25, 0.3) is 0 Å². The summed E-state index contributed by atoms with van der Waals surface area (Å²) >= 11 is 0. The van der Waals surface area contributed by atoms with E-state index in [-0.39, 0.29) is 12.4 Å². The average molecular weight is 338 g/mol. The smallest absolute Gasteiger partial charge is 0.347 e. The molecule has 0 fully saturated rings. The number of ketones is 1. The molecule has 2 aromatic carbocycles. The molecule has 5 heteroatoms. The summed E-state index contributed by atoms with van der Waals surface area (Å²) in [6.45, 7) is 3.12. The maximum atomic E-state index is 12.1. The van der Waals surface area contributed by atoms with Crippen molar-refractivity contribution in [2.24, 2.45) is 0 Å². The first kappa shape index (κ1) is 16.8. The van der Waals surface area contributed by atoms with E-state index in [4.69, 9.17) is 13.9 Å². The minimum atomic E-state index is -0.815. The topological polar surface area (TPSA) is 65.7 Å². The van der Waals surface area contributed by atoms with E-state index < -0.39 is 17.9 Å². The van der Waals surface area contributed by atoms with Gasteiger partial charge in [0, 0.05) is 5.39 Å². The molecule has 0 radical (unpaired) electrons. The Hall–Kier alpha value is -3.08. The number of hydrogen-bond acceptors (Lipinski definition) is 5. The number of carbonyl (C=O) groups is 2. The van der Waals surface area contributed by atoms with Crippen LogP contribution in [0.5, 0.6) is 5.75 Å². The van der Waals surface area contributed by atoms with E-state index >= 15 is 0 Å². The van der Waals surface area contributed by atoms with Crippen LogP contribution in [0.3, 0.4) is 0 Å². The number of hydrogen-bond donors (Lipinski definition) is 0. The molecule has 25 heavy (non-hydrogen) atoms. The quantitative estimate of drug-likeness (QED) is 0.503. The summed E-state index contributed by atoms with van der Waals surface area (Å²) in [6.07, 6.45) is -0.815. The molecule has 0 amide bonds. The van der Waals surface area contributed by atoms with Crippen LogP contribution < -0.4 is 4.74 Å². The van der Waals surface area contributed by atoms with Crippen LogP contribution in [-0.4, -0.2) is 24.5 Å². The van der Waals surface area contributed by atoms with Crippen LogP contribution in [0.4, 0.5) is 0 Å². The highest BCUT2D eigenvalue weighted by molar-refractivity contribution is 5.99. The Morgan fingerprint density at radius 3 is 2.64 bits per heavy atom. The van der Waals surface area contributed by atoms with Crippen LogP contribution in [0.15, 0.2) is 59.0 Å². The molecule has 0 aliphatic heterocycles. The lowest BCUT2D eigenvalue weighted by molar-refractivity contribution is -0.149. The SMILES string of the molecule is Cc1cccc(OC(C)C(=O)OCC(=O)c2cc3ccccc3o2)c1. The highest BCUT2D eigenvalue weighted by atomic mass is 16.6. The number of Topliss-reactive ketones (excluding diaryl/α,β-unsaturated/α-hetero) is 1. The van der Waals surface area contributed by atoms with Crippen LogP contribution in [0.25, 0.3) is 11.0 Å². The van der Waals surface area contributed by atoms with E-state index in [0.717, 1.165) is 10.9 Å². The molecule has 0 N–H and O–H groups in total. The number of carbonyl (C=O) groups excluding carboxylic acids is 2. The number of para-hydroxylation sites is 1. The Kier molecular flexibility index (Phi) is 4.84. The summed E-state index contributed by atoms with van der Waals surface area (Å²) in [4.78, 5) is 24.1. The van der Waals surface area contributed by atoms with Gasteiger partial charge in [0.05, 0.1) is 0 Å². The number of benzene rings is 2. The first-order chi connectivity index (χ1) is 12.0. The van der Waals surface area contributed by atoms with Gasteiger partial charge in [-0.3, -0.25) is 4.79 Å². The lowest BCUT2D eigenvalue weighted by atomic mass is 10.2. The molecule has 128 valence electrons. The van der Waals surface area contributed by atoms with Gasteiger partial charge in [0.1, 0.15) is 11.3 Å². The lowest BCUT2D eigenvalue weighted by Gasteiger charge is -2.13. The molecule has 3 rings (SSSR count). The molecule has 0 spiro atoms. The van der Waals surface area contributed by atoms with Crippen molar-refractivity contribution < 1.29 is 23.5 Å². The minimum absolute atomic E-state index is 0.168. The molecule has 0 saturated carbocycles. The highest BCUT2D eigenvalue weighted by Gasteiger charge is 2.20. The van der Waals surface area contributed by atoms with Gasteiger partial charge in [-0.1, -0.05) is 30.3 Å². The second-order valence-electron chi connectivity index (χ2n) is 5.76. The molecule has 3 aromatic rings. The summed E-state index contributed by atoms with van der Waals surface area (Å²) in [5.74, 6) is -0.257. The molecule has 1 unspecified atom stereocenters. The molecular weight excluding hydrogens is 320 g/mol. The number of ether oxygens (including phenoxy) is 2. The third-order valence-corrected chi connectivity index (χ3v) is 3.68. The van der Waals surface area contributed by atoms with Crippen molar-refractivity contribution in [1.82, 2.24) is 0 Å². The first-order valence-electron chi connectivity index (χ1n) is 7.94. The molecule has 1 heterocycles. The van der Waals surface area contributed by atoms with E-state index in [0.29, 0.717) is 11.3 Å². The second kappa shape index (κ2) is 7.21. The first-order valence-corrected chi connectivity index (χ1v) is 7.94. The van der Waals surface area contributed by atoms with Gasteiger partial charge in [-0.15, -0.1) is 0 Å². The number of esters is 1. The largest absolute Gasteiger partial charge is 0.479 e. The maximum Gasteiger partial charge on any atom is 0.347 e. The van der Waals surface area contributed by atoms with Crippen molar-refractivity contribution in [3.05, 3.63) is 65.9 Å². The minimum Gasteiger partial charge on any atom is -0.479 e. The summed E-state index contributed by atoms with van der Waals surface area (Å²) < 4.78 is 16.0. The fourth-order valence-electron chi connectivity index (χ4n) is 2.39. The van der Waals surface area contributed by atoms with Crippen LogP contribution in [0.1, 0.15) is 23.0 Å². The molecule has 1 aromatic heterocycles. The van der Waals surface area contributed by atoms with Gasteiger partial charge in [0.2, 0.25) is 5.78 Å². The number of rotatable bonds is 6. The molecule has 5 nitrogen and oxygen atoms in total. The molecule has 0 saturated heterocycles. The van der Waals surface area contributed by atoms with Gasteiger partial charge < -0.3 is 13.9 Å². The van der Waals surface area contributed by atoms with Gasteiger partial charge in [-0.2, -0.15) is 0 Å². The predicted octanol–water partition coefficient (Wildman–Crippen LogP) is 3.93. The van der Waals surface area contributed by atoms with Gasteiger partial charge in [-0.05, 0) is 43.7 Å². The fraction of sp³-hybridized carbons (Fsp3) is 0.200. The Balaban J connectivity index is 1.56. The van der Waals surface area contributed by atoms with Crippen LogP contribution in [0.2, 0.25) is 0 Å². The normalized spacial score (nSPS) is 11.9. The van der Waals surface area contributed by atoms with Crippen molar-refractivity contribution in [3.8, 4) is 5.75 Å². The second-order valence-corrected chi connectivity index (χ2v) is 5.76. The lowest BCUT2D eigenvalue weighted by Crippen LogP contribution is -2.28. The fourth-order valence-corrected chi connectivity index (χ4v) is 2.39. The summed E-state index contributed by atoms with van der Waals surface area (Å²) in [6, 6.07) is 16.3. The van der Waals surface area contributed by atoms with E-state index in [9.17, 15) is 9.59 Å². The Morgan fingerprint density at radius 1 is 1.08 bits per heavy atom. The van der Waals surface area contributed by atoms with Crippen LogP contribution in [-0.2, 0) is 9.53 Å². The van der Waals surface area contributed by atoms with E-state index in [2.05, 4.69) is 0 Å². The Morgan fingerprint density at radius 2 is 1.88 bits per heavy atom. The van der Waals surface area contributed by atoms with Crippen molar-refractivity contribution in [2.75, 3.05) is 6.61 Å². The summed E-state index contributed by atoms with van der Waals surface area (Å²) in [7, 11) is 0. The third kappa shape index (κ3) is 4.07. The molecule has 0 aliphatic rings. The zero-order valence-electron chi connectivity index (χ0n) is 14.0. The van der Waals surface area contributed by atoms with Crippen molar-refractivity contribution in [3.63, 3.8) is 0 Å². The number of aryl methyl sites for hydroxylation is 1. The van der Waals surface area contributed by atoms with Gasteiger partial charge >= 0.3 is 5.97 Å². The molecule has 0 aliphatic carbocycles. The summed E-state index contributed by atoms with van der Waals surface area (Å²) in [5, 5.41) is 0.827. The third-order valence-electron chi connectivity index (χ3n) is 3.68. The van der Waals surface area contributed by atoms with E-state index in [1.165, 1.54) is 0 Å². The van der Waals surface area contributed by atoms with Crippen LogP contribution >= 0.6 is 0 Å². The Labute approximate surface area is 145 Å². The predicted molar refractivity (Wildman–Crippen MR) is 92.8 cm³/mol. The van der Waals surface area contributed by atoms with Crippen LogP contribution in [0, 0.1) is 6.92 Å². The molecule has 1 atom stereocenters. The van der Waals surface area contributed by atoms with E-state index in [1.807, 2.05) is 43.3 Å². The molecular formula is C20H18O5. The monoisotopic (exact) mass is 338 g/mol. The van der Waals surface area contributed by atoms with Crippen molar-refractivity contribution in [1.29, 1.82) is 0 Å². The number of furan rings is 1. The van der Waals surface area contributed by atoms with E-state index in [1.54, 1.807) is 25.1 Å².